The summed E-state index contributed by atoms with van der Waals surface area (Å²) in [5.41, 5.74) is 2.09. The normalized spacial score (nSPS) is 26.4. The molecule has 1 amide bonds. The van der Waals surface area contributed by atoms with E-state index in [-0.39, 0.29) is 18.1 Å². The van der Waals surface area contributed by atoms with Gasteiger partial charge in [0.2, 0.25) is 5.91 Å². The number of aromatic nitrogens is 1. The first-order valence-corrected chi connectivity index (χ1v) is 9.66. The molecule has 6 heteroatoms. The van der Waals surface area contributed by atoms with Crippen molar-refractivity contribution in [1.82, 2.24) is 15.2 Å². The largest absolute Gasteiger partial charge is 0.371 e. The van der Waals surface area contributed by atoms with Crippen molar-refractivity contribution < 1.29 is 9.53 Å². The third-order valence-electron chi connectivity index (χ3n) is 4.96. The Balaban J connectivity index is 1.31. The summed E-state index contributed by atoms with van der Waals surface area (Å²) in [4.78, 5) is 19.1. The average molecular weight is 357 g/mol. The topological polar surface area (TPSA) is 54.5 Å². The fourth-order valence-corrected chi connectivity index (χ4v) is 4.39. The molecule has 3 heterocycles. The van der Waals surface area contributed by atoms with Gasteiger partial charge in [-0.2, -0.15) is 0 Å². The number of benzene rings is 1. The molecule has 1 N–H and O–H groups in total. The van der Waals surface area contributed by atoms with E-state index in [1.54, 1.807) is 11.3 Å². The summed E-state index contributed by atoms with van der Waals surface area (Å²) in [7, 11) is 0. The fraction of sp³-hybridized carbons (Fsp3) is 0.474. The number of nitrogens with zero attached hydrogens (tertiary/aromatic N) is 2. The van der Waals surface area contributed by atoms with Gasteiger partial charge < -0.3 is 10.1 Å². The van der Waals surface area contributed by atoms with Crippen LogP contribution in [-0.2, 0) is 16.0 Å². The molecule has 1 aromatic heterocycles. The maximum absolute atomic E-state index is 12.3. The first kappa shape index (κ1) is 16.7. The zero-order valence-electron chi connectivity index (χ0n) is 14.4. The van der Waals surface area contributed by atoms with Gasteiger partial charge in [0, 0.05) is 30.6 Å². The molecule has 1 aromatic carbocycles. The number of ether oxygens (including phenoxy) is 1. The van der Waals surface area contributed by atoms with E-state index in [1.165, 1.54) is 5.56 Å². The number of nitrogens with one attached hydrogen (secondary N) is 1. The molecule has 0 saturated carbocycles. The second-order valence-electron chi connectivity index (χ2n) is 6.88. The number of amides is 1. The number of hydrogen-bond acceptors (Lipinski definition) is 5. The van der Waals surface area contributed by atoms with Crippen molar-refractivity contribution in [2.24, 2.45) is 0 Å². The number of morpholine rings is 1. The van der Waals surface area contributed by atoms with Crippen molar-refractivity contribution in [3.63, 3.8) is 0 Å². The zero-order valence-corrected chi connectivity index (χ0v) is 15.2. The lowest BCUT2D eigenvalue weighted by Crippen LogP contribution is -2.43. The van der Waals surface area contributed by atoms with Crippen molar-refractivity contribution >= 4 is 17.2 Å². The molecule has 3 atom stereocenters. The highest BCUT2D eigenvalue weighted by atomic mass is 32.1. The molecule has 0 spiro atoms. The standard InChI is InChI=1S/C19H23N3O2S/c1-13-20-16(12-25-13)8-19(23)21-15-7-17-11-24-18(10-22(17)9-15)14-5-3-2-4-6-14/h2-6,12,15,17-18H,7-11H2,1H3,(H,21,23)/t15-,17+,18-/m1/s1. The smallest absolute Gasteiger partial charge is 0.226 e. The molecule has 2 fully saturated rings. The molecule has 5 nitrogen and oxygen atoms in total. The number of fused-ring (bicyclic) bond motifs is 1. The highest BCUT2D eigenvalue weighted by Crippen LogP contribution is 2.30. The second kappa shape index (κ2) is 7.23. The van der Waals surface area contributed by atoms with Gasteiger partial charge in [-0.05, 0) is 18.9 Å². The molecule has 0 bridgehead atoms. The number of carbonyl (C=O) groups is 1. The van der Waals surface area contributed by atoms with Gasteiger partial charge in [-0.25, -0.2) is 4.98 Å². The summed E-state index contributed by atoms with van der Waals surface area (Å²) in [6, 6.07) is 11.0. The van der Waals surface area contributed by atoms with E-state index < -0.39 is 0 Å². The van der Waals surface area contributed by atoms with Crippen molar-refractivity contribution in [3.8, 4) is 0 Å². The van der Waals surface area contributed by atoms with Crippen molar-refractivity contribution in [1.29, 1.82) is 0 Å². The molecule has 2 aromatic rings. The first-order chi connectivity index (χ1) is 12.2. The highest BCUT2D eigenvalue weighted by molar-refractivity contribution is 7.09. The summed E-state index contributed by atoms with van der Waals surface area (Å²) >= 11 is 1.59. The number of thiazole rings is 1. The van der Waals surface area contributed by atoms with Crippen LogP contribution in [0.2, 0.25) is 0 Å². The number of rotatable bonds is 4. The second-order valence-corrected chi connectivity index (χ2v) is 7.94. The molecule has 2 saturated heterocycles. The van der Waals surface area contributed by atoms with E-state index >= 15 is 0 Å². The molecule has 132 valence electrons. The SMILES string of the molecule is Cc1nc(CC(=O)N[C@@H]2C[C@H]3CO[C@@H](c4ccccc4)CN3C2)cs1. The summed E-state index contributed by atoms with van der Waals surface area (Å²) in [6.45, 7) is 4.49. The van der Waals surface area contributed by atoms with Crippen molar-refractivity contribution in [2.75, 3.05) is 19.7 Å². The van der Waals surface area contributed by atoms with E-state index in [0.29, 0.717) is 12.5 Å². The maximum Gasteiger partial charge on any atom is 0.226 e. The molecular weight excluding hydrogens is 334 g/mol. The summed E-state index contributed by atoms with van der Waals surface area (Å²) in [5.74, 6) is 0.0654. The molecule has 25 heavy (non-hydrogen) atoms. The van der Waals surface area contributed by atoms with Crippen LogP contribution < -0.4 is 5.32 Å². The van der Waals surface area contributed by atoms with Crippen LogP contribution in [0.1, 0.15) is 28.8 Å². The monoisotopic (exact) mass is 357 g/mol. The molecule has 2 aliphatic heterocycles. The molecule has 0 radical (unpaired) electrons. The van der Waals surface area contributed by atoms with E-state index in [9.17, 15) is 4.79 Å². The van der Waals surface area contributed by atoms with Crippen LogP contribution in [0.15, 0.2) is 35.7 Å². The Morgan fingerprint density at radius 3 is 2.96 bits per heavy atom. The maximum atomic E-state index is 12.3. The van der Waals surface area contributed by atoms with Gasteiger partial charge in [-0.3, -0.25) is 9.69 Å². The van der Waals surface area contributed by atoms with Crippen LogP contribution in [0.5, 0.6) is 0 Å². The third-order valence-corrected chi connectivity index (χ3v) is 5.79. The van der Waals surface area contributed by atoms with Gasteiger partial charge in [-0.15, -0.1) is 11.3 Å². The van der Waals surface area contributed by atoms with Gasteiger partial charge in [0.05, 0.1) is 29.8 Å². The predicted octanol–water partition coefficient (Wildman–Crippen LogP) is 2.32. The zero-order chi connectivity index (χ0) is 17.2. The lowest BCUT2D eigenvalue weighted by Gasteiger charge is -2.35. The Morgan fingerprint density at radius 2 is 2.20 bits per heavy atom. The fourth-order valence-electron chi connectivity index (χ4n) is 3.78. The van der Waals surface area contributed by atoms with E-state index in [0.717, 1.165) is 36.8 Å². The summed E-state index contributed by atoms with van der Waals surface area (Å²) in [6.07, 6.45) is 1.46. The third kappa shape index (κ3) is 3.92. The first-order valence-electron chi connectivity index (χ1n) is 8.78. The molecule has 2 aliphatic rings. The molecular formula is C19H23N3O2S. The Hall–Kier alpha value is -1.76. The minimum atomic E-state index is 0.0654. The molecule has 0 aliphatic carbocycles. The van der Waals surface area contributed by atoms with Crippen molar-refractivity contribution in [3.05, 3.63) is 52.0 Å². The minimum Gasteiger partial charge on any atom is -0.371 e. The lowest BCUT2D eigenvalue weighted by molar-refractivity contribution is -0.121. The number of carbonyl (C=O) groups excluding carboxylic acids is 1. The quantitative estimate of drug-likeness (QED) is 0.912. The van der Waals surface area contributed by atoms with Crippen LogP contribution >= 0.6 is 11.3 Å². The predicted molar refractivity (Wildman–Crippen MR) is 97.6 cm³/mol. The minimum absolute atomic E-state index is 0.0654. The summed E-state index contributed by atoms with van der Waals surface area (Å²) in [5, 5.41) is 6.14. The Morgan fingerprint density at radius 1 is 1.36 bits per heavy atom. The number of hydrogen-bond donors (Lipinski definition) is 1. The van der Waals surface area contributed by atoms with Crippen LogP contribution in [0.25, 0.3) is 0 Å². The summed E-state index contributed by atoms with van der Waals surface area (Å²) < 4.78 is 6.07. The van der Waals surface area contributed by atoms with Gasteiger partial charge in [-0.1, -0.05) is 30.3 Å². The van der Waals surface area contributed by atoms with Gasteiger partial charge in [0.1, 0.15) is 0 Å². The van der Waals surface area contributed by atoms with E-state index in [4.69, 9.17) is 4.74 Å². The van der Waals surface area contributed by atoms with Crippen molar-refractivity contribution in [2.45, 2.75) is 38.0 Å². The van der Waals surface area contributed by atoms with Crippen LogP contribution in [0.4, 0.5) is 0 Å². The van der Waals surface area contributed by atoms with Gasteiger partial charge in [0.25, 0.3) is 0 Å². The average Bonchev–Trinajstić information content (AvgIpc) is 3.20. The lowest BCUT2D eigenvalue weighted by atomic mass is 10.1. The van der Waals surface area contributed by atoms with Gasteiger partial charge in [0.15, 0.2) is 0 Å². The Kier molecular flexibility index (Phi) is 4.83. The van der Waals surface area contributed by atoms with Crippen LogP contribution in [-0.4, -0.2) is 47.6 Å². The van der Waals surface area contributed by atoms with Crippen LogP contribution in [0.3, 0.4) is 0 Å². The molecule has 0 unspecified atom stereocenters. The van der Waals surface area contributed by atoms with E-state index in [2.05, 4.69) is 39.5 Å². The Bertz CT molecular complexity index is 733. The van der Waals surface area contributed by atoms with E-state index in [1.807, 2.05) is 18.4 Å². The van der Waals surface area contributed by atoms with Crippen LogP contribution in [0, 0.1) is 6.92 Å². The molecule has 4 rings (SSSR count). The Labute approximate surface area is 152 Å². The number of aryl methyl sites for hydroxylation is 1. The highest BCUT2D eigenvalue weighted by Gasteiger charge is 2.38. The van der Waals surface area contributed by atoms with Gasteiger partial charge >= 0.3 is 0 Å².